The molecule has 2 aromatic carbocycles. The van der Waals surface area contributed by atoms with E-state index >= 15 is 0 Å². The Bertz CT molecular complexity index is 885. The molecule has 0 atom stereocenters. The zero-order chi connectivity index (χ0) is 18.8. The van der Waals surface area contributed by atoms with Crippen LogP contribution in [0.1, 0.15) is 22.3 Å². The van der Waals surface area contributed by atoms with Crippen molar-refractivity contribution in [3.8, 4) is 0 Å². The number of carbonyl (C=O) groups is 1. The number of sulfonamides is 1. The maximum Gasteiger partial charge on any atom is 0.245 e. The Morgan fingerprint density at radius 3 is 2.04 bits per heavy atom. The van der Waals surface area contributed by atoms with Crippen LogP contribution in [0, 0.1) is 27.7 Å². The molecule has 0 aromatic heterocycles. The number of hydrogen-bond donors (Lipinski definition) is 1. The van der Waals surface area contributed by atoms with E-state index in [0.717, 1.165) is 38.5 Å². The molecule has 0 radical (unpaired) electrons. The van der Waals surface area contributed by atoms with Crippen molar-refractivity contribution in [2.45, 2.75) is 27.7 Å². The monoisotopic (exact) mass is 360 g/mol. The molecular formula is C19H24N2O3S. The van der Waals surface area contributed by atoms with E-state index in [-0.39, 0.29) is 12.5 Å². The van der Waals surface area contributed by atoms with Crippen LogP contribution in [0.25, 0.3) is 0 Å². The van der Waals surface area contributed by atoms with E-state index in [2.05, 4.69) is 5.32 Å². The van der Waals surface area contributed by atoms with Crippen LogP contribution in [0.4, 0.5) is 11.4 Å². The van der Waals surface area contributed by atoms with Crippen molar-refractivity contribution < 1.29 is 13.2 Å². The number of anilines is 2. The Morgan fingerprint density at radius 1 is 0.960 bits per heavy atom. The molecule has 25 heavy (non-hydrogen) atoms. The smallest absolute Gasteiger partial charge is 0.245 e. The highest BCUT2D eigenvalue weighted by Gasteiger charge is 2.23. The topological polar surface area (TPSA) is 66.5 Å². The van der Waals surface area contributed by atoms with Gasteiger partial charge in [0.1, 0.15) is 6.54 Å². The van der Waals surface area contributed by atoms with Crippen LogP contribution >= 0.6 is 0 Å². The number of nitrogens with zero attached hydrogens (tertiary/aromatic N) is 1. The summed E-state index contributed by atoms with van der Waals surface area (Å²) in [5, 5.41) is 2.84. The first-order valence-electron chi connectivity index (χ1n) is 8.01. The molecule has 0 aliphatic heterocycles. The van der Waals surface area contributed by atoms with Gasteiger partial charge in [-0.2, -0.15) is 0 Å². The van der Waals surface area contributed by atoms with Crippen molar-refractivity contribution in [3.63, 3.8) is 0 Å². The maximum absolute atomic E-state index is 12.5. The summed E-state index contributed by atoms with van der Waals surface area (Å²) in [7, 11) is -3.59. The highest BCUT2D eigenvalue weighted by Crippen LogP contribution is 2.25. The summed E-state index contributed by atoms with van der Waals surface area (Å²) in [6.07, 6.45) is 1.11. The van der Waals surface area contributed by atoms with Gasteiger partial charge in [-0.25, -0.2) is 8.42 Å². The second-order valence-electron chi connectivity index (χ2n) is 6.30. The average molecular weight is 360 g/mol. The van der Waals surface area contributed by atoms with Crippen molar-refractivity contribution in [1.82, 2.24) is 0 Å². The fourth-order valence-corrected chi connectivity index (χ4v) is 3.61. The van der Waals surface area contributed by atoms with Crippen molar-refractivity contribution >= 4 is 27.3 Å². The summed E-state index contributed by atoms with van der Waals surface area (Å²) in [6, 6.07) is 11.1. The van der Waals surface area contributed by atoms with E-state index in [1.807, 2.05) is 52.0 Å². The molecule has 0 aliphatic carbocycles. The Labute approximate surface area is 149 Å². The molecule has 1 amide bonds. The van der Waals surface area contributed by atoms with E-state index in [1.165, 1.54) is 0 Å². The van der Waals surface area contributed by atoms with Gasteiger partial charge in [-0.05, 0) is 56.0 Å². The molecule has 0 spiro atoms. The standard InChI is InChI=1S/C19H24N2O3S/c1-13-8-7-11-17(16(13)4)21(25(5,23)24)12-18(22)20-19-14(2)9-6-10-15(19)3/h6-11H,12H2,1-5H3,(H,20,22). The van der Waals surface area contributed by atoms with Gasteiger partial charge in [-0.1, -0.05) is 30.3 Å². The van der Waals surface area contributed by atoms with E-state index in [4.69, 9.17) is 0 Å². The fraction of sp³-hybridized carbons (Fsp3) is 0.316. The first kappa shape index (κ1) is 19.0. The lowest BCUT2D eigenvalue weighted by Gasteiger charge is -2.24. The van der Waals surface area contributed by atoms with E-state index in [0.29, 0.717) is 5.69 Å². The second kappa shape index (κ2) is 7.27. The third-order valence-electron chi connectivity index (χ3n) is 4.28. The second-order valence-corrected chi connectivity index (χ2v) is 8.21. The molecule has 0 aliphatic rings. The van der Waals surface area contributed by atoms with Crippen LogP contribution < -0.4 is 9.62 Å². The molecule has 2 aromatic rings. The SMILES string of the molecule is Cc1cccc(N(CC(=O)Nc2c(C)cccc2C)S(C)(=O)=O)c1C. The predicted molar refractivity (Wildman–Crippen MR) is 103 cm³/mol. The number of nitrogens with one attached hydrogen (secondary N) is 1. The van der Waals surface area contributed by atoms with Crippen molar-refractivity contribution in [2.75, 3.05) is 22.4 Å². The maximum atomic E-state index is 12.5. The largest absolute Gasteiger partial charge is 0.324 e. The number of para-hydroxylation sites is 1. The van der Waals surface area contributed by atoms with E-state index in [1.54, 1.807) is 12.1 Å². The van der Waals surface area contributed by atoms with Gasteiger partial charge in [0, 0.05) is 5.69 Å². The molecular weight excluding hydrogens is 336 g/mol. The molecule has 0 bridgehead atoms. The number of hydrogen-bond acceptors (Lipinski definition) is 3. The lowest BCUT2D eigenvalue weighted by molar-refractivity contribution is -0.114. The van der Waals surface area contributed by atoms with Crippen molar-refractivity contribution in [3.05, 3.63) is 58.7 Å². The highest BCUT2D eigenvalue weighted by atomic mass is 32.2. The van der Waals surface area contributed by atoms with Crippen LogP contribution in [-0.2, 0) is 14.8 Å². The fourth-order valence-electron chi connectivity index (χ4n) is 2.71. The molecule has 0 saturated heterocycles. The van der Waals surface area contributed by atoms with Gasteiger partial charge in [0.2, 0.25) is 15.9 Å². The summed E-state index contributed by atoms with van der Waals surface area (Å²) >= 11 is 0. The van der Waals surface area contributed by atoms with Gasteiger partial charge < -0.3 is 5.32 Å². The minimum absolute atomic E-state index is 0.267. The van der Waals surface area contributed by atoms with Crippen LogP contribution in [0.2, 0.25) is 0 Å². The zero-order valence-electron chi connectivity index (χ0n) is 15.3. The summed E-state index contributed by atoms with van der Waals surface area (Å²) in [6.45, 7) is 7.31. The Balaban J connectivity index is 2.32. The molecule has 0 unspecified atom stereocenters. The quantitative estimate of drug-likeness (QED) is 0.889. The molecule has 0 saturated carbocycles. The first-order valence-corrected chi connectivity index (χ1v) is 9.86. The number of benzene rings is 2. The van der Waals surface area contributed by atoms with Crippen LogP contribution in [0.15, 0.2) is 36.4 Å². The van der Waals surface area contributed by atoms with Gasteiger partial charge in [0.15, 0.2) is 0 Å². The third kappa shape index (κ3) is 4.39. The first-order chi connectivity index (χ1) is 11.6. The van der Waals surface area contributed by atoms with Crippen LogP contribution in [0.5, 0.6) is 0 Å². The molecule has 2 rings (SSSR count). The highest BCUT2D eigenvalue weighted by molar-refractivity contribution is 7.92. The van der Waals surface area contributed by atoms with Crippen LogP contribution in [-0.4, -0.2) is 27.1 Å². The summed E-state index contributed by atoms with van der Waals surface area (Å²) in [4.78, 5) is 12.5. The van der Waals surface area contributed by atoms with Gasteiger partial charge in [-0.15, -0.1) is 0 Å². The lowest BCUT2D eigenvalue weighted by atomic mass is 10.1. The molecule has 5 nitrogen and oxygen atoms in total. The summed E-state index contributed by atoms with van der Waals surface area (Å²) in [5.74, 6) is -0.372. The third-order valence-corrected chi connectivity index (χ3v) is 5.40. The number of amides is 1. The van der Waals surface area contributed by atoms with Gasteiger partial charge in [0.05, 0.1) is 11.9 Å². The molecule has 0 heterocycles. The van der Waals surface area contributed by atoms with Crippen LogP contribution in [0.3, 0.4) is 0 Å². The zero-order valence-corrected chi connectivity index (χ0v) is 16.1. The molecule has 1 N–H and O–H groups in total. The Hall–Kier alpha value is -2.34. The minimum atomic E-state index is -3.59. The normalized spacial score (nSPS) is 11.2. The summed E-state index contributed by atoms with van der Waals surface area (Å²) in [5.41, 5.74) is 4.94. The number of rotatable bonds is 5. The van der Waals surface area contributed by atoms with Crippen molar-refractivity contribution in [2.24, 2.45) is 0 Å². The lowest BCUT2D eigenvalue weighted by Crippen LogP contribution is -2.38. The van der Waals surface area contributed by atoms with Crippen molar-refractivity contribution in [1.29, 1.82) is 0 Å². The molecule has 134 valence electrons. The van der Waals surface area contributed by atoms with E-state index < -0.39 is 10.0 Å². The Morgan fingerprint density at radius 2 is 1.48 bits per heavy atom. The van der Waals surface area contributed by atoms with Gasteiger partial charge >= 0.3 is 0 Å². The van der Waals surface area contributed by atoms with E-state index in [9.17, 15) is 13.2 Å². The molecule has 6 heteroatoms. The minimum Gasteiger partial charge on any atom is -0.324 e. The predicted octanol–water partition coefficient (Wildman–Crippen LogP) is 3.32. The van der Waals surface area contributed by atoms with Gasteiger partial charge in [0.25, 0.3) is 0 Å². The average Bonchev–Trinajstić information content (AvgIpc) is 2.51. The Kier molecular flexibility index (Phi) is 5.52. The summed E-state index contributed by atoms with van der Waals surface area (Å²) < 4.78 is 25.7. The van der Waals surface area contributed by atoms with Gasteiger partial charge in [-0.3, -0.25) is 9.10 Å². The number of carbonyl (C=O) groups excluding carboxylic acids is 1. The molecule has 0 fully saturated rings. The number of aryl methyl sites for hydroxylation is 3.